The minimum absolute atomic E-state index is 0.0478. The van der Waals surface area contributed by atoms with Crippen LogP contribution >= 0.6 is 0 Å². The molecule has 0 radical (unpaired) electrons. The highest BCUT2D eigenvalue weighted by molar-refractivity contribution is 5.89. The van der Waals surface area contributed by atoms with Gasteiger partial charge in [-0.15, -0.1) is 0 Å². The lowest BCUT2D eigenvalue weighted by Crippen LogP contribution is -2.41. The van der Waals surface area contributed by atoms with Gasteiger partial charge in [0.15, 0.2) is 0 Å². The third-order valence-electron chi connectivity index (χ3n) is 3.46. The summed E-state index contributed by atoms with van der Waals surface area (Å²) in [6.45, 7) is 4.08. The van der Waals surface area contributed by atoms with Crippen LogP contribution in [-0.2, 0) is 0 Å². The Bertz CT molecular complexity index is 579. The van der Waals surface area contributed by atoms with Crippen molar-refractivity contribution >= 4 is 11.7 Å². The average molecular weight is 302 g/mol. The Morgan fingerprint density at radius 2 is 2.05 bits per heavy atom. The first-order valence-corrected chi connectivity index (χ1v) is 7.38. The number of hydrogen-bond acceptors (Lipinski definition) is 3. The van der Waals surface area contributed by atoms with Crippen molar-refractivity contribution in [1.29, 1.82) is 0 Å². The van der Waals surface area contributed by atoms with Crippen molar-refractivity contribution in [3.05, 3.63) is 42.7 Å². The number of carbonyl (C=O) groups is 1. The molecule has 118 valence electrons. The van der Waals surface area contributed by atoms with E-state index in [0.717, 1.165) is 5.69 Å². The van der Waals surface area contributed by atoms with Gasteiger partial charge in [-0.3, -0.25) is 0 Å². The molecule has 0 bridgehead atoms. The lowest BCUT2D eigenvalue weighted by molar-refractivity contribution is 0.227. The molecule has 0 spiro atoms. The minimum atomic E-state index is -0.265. The van der Waals surface area contributed by atoms with E-state index < -0.39 is 0 Å². The van der Waals surface area contributed by atoms with E-state index in [0.29, 0.717) is 12.1 Å². The van der Waals surface area contributed by atoms with Crippen molar-refractivity contribution < 1.29 is 9.90 Å². The van der Waals surface area contributed by atoms with Crippen LogP contribution in [0.25, 0.3) is 5.69 Å². The van der Waals surface area contributed by atoms with Gasteiger partial charge in [-0.2, -0.15) is 5.10 Å². The van der Waals surface area contributed by atoms with Gasteiger partial charge in [0.25, 0.3) is 0 Å². The fourth-order valence-corrected chi connectivity index (χ4v) is 2.17. The number of anilines is 1. The van der Waals surface area contributed by atoms with Gasteiger partial charge in [0.05, 0.1) is 5.69 Å². The molecule has 0 aliphatic heterocycles. The molecule has 0 aliphatic rings. The molecule has 6 nitrogen and oxygen atoms in total. The summed E-state index contributed by atoms with van der Waals surface area (Å²) in [4.78, 5) is 12.0. The third kappa shape index (κ3) is 4.33. The smallest absolute Gasteiger partial charge is 0.319 e. The topological polar surface area (TPSA) is 79.2 Å². The van der Waals surface area contributed by atoms with Crippen LogP contribution in [0.15, 0.2) is 42.7 Å². The Labute approximate surface area is 130 Å². The lowest BCUT2D eigenvalue weighted by atomic mass is 10.0. The zero-order valence-corrected chi connectivity index (χ0v) is 12.9. The second-order valence-electron chi connectivity index (χ2n) is 5.46. The predicted molar refractivity (Wildman–Crippen MR) is 86.0 cm³/mol. The number of aliphatic hydroxyl groups is 1. The molecule has 2 aromatic rings. The summed E-state index contributed by atoms with van der Waals surface area (Å²) in [5.74, 6) is 0.264. The Morgan fingerprint density at radius 1 is 1.32 bits per heavy atom. The van der Waals surface area contributed by atoms with E-state index in [9.17, 15) is 4.79 Å². The molecular weight excluding hydrogens is 280 g/mol. The first-order chi connectivity index (χ1) is 10.6. The molecule has 1 unspecified atom stereocenters. The van der Waals surface area contributed by atoms with Gasteiger partial charge in [-0.1, -0.05) is 13.8 Å². The molecule has 1 aromatic carbocycles. The normalized spacial score (nSPS) is 12.2. The quantitative estimate of drug-likeness (QED) is 0.766. The van der Waals surface area contributed by atoms with E-state index in [1.165, 1.54) is 0 Å². The minimum Gasteiger partial charge on any atom is -0.396 e. The van der Waals surface area contributed by atoms with E-state index in [2.05, 4.69) is 15.7 Å². The van der Waals surface area contributed by atoms with Crippen LogP contribution in [-0.4, -0.2) is 33.6 Å². The number of amides is 2. The third-order valence-corrected chi connectivity index (χ3v) is 3.46. The van der Waals surface area contributed by atoms with E-state index in [1.807, 2.05) is 50.4 Å². The molecule has 3 N–H and O–H groups in total. The molecule has 1 atom stereocenters. The fourth-order valence-electron chi connectivity index (χ4n) is 2.17. The van der Waals surface area contributed by atoms with Crippen molar-refractivity contribution in [2.24, 2.45) is 5.92 Å². The van der Waals surface area contributed by atoms with Gasteiger partial charge < -0.3 is 15.7 Å². The summed E-state index contributed by atoms with van der Waals surface area (Å²) >= 11 is 0. The van der Waals surface area contributed by atoms with Crippen LogP contribution in [0.2, 0.25) is 0 Å². The van der Waals surface area contributed by atoms with Crippen molar-refractivity contribution in [3.8, 4) is 5.69 Å². The summed E-state index contributed by atoms with van der Waals surface area (Å²) < 4.78 is 1.75. The van der Waals surface area contributed by atoms with Crippen LogP contribution in [0.4, 0.5) is 10.5 Å². The number of nitrogens with zero attached hydrogens (tertiary/aromatic N) is 2. The highest BCUT2D eigenvalue weighted by atomic mass is 16.3. The van der Waals surface area contributed by atoms with Gasteiger partial charge >= 0.3 is 6.03 Å². The zero-order chi connectivity index (χ0) is 15.9. The lowest BCUT2D eigenvalue weighted by Gasteiger charge is -2.21. The summed E-state index contributed by atoms with van der Waals surface area (Å²) in [7, 11) is 0. The number of carbonyl (C=O) groups excluding carboxylic acids is 1. The Balaban J connectivity index is 1.94. The SMILES string of the molecule is CC(C)C(CCO)NC(=O)Nc1ccc(-n2cccn2)cc1. The molecule has 22 heavy (non-hydrogen) atoms. The average Bonchev–Trinajstić information content (AvgIpc) is 3.01. The van der Waals surface area contributed by atoms with Gasteiger partial charge in [0.2, 0.25) is 0 Å². The summed E-state index contributed by atoms with van der Waals surface area (Å²) in [5.41, 5.74) is 1.64. The molecule has 2 amide bonds. The van der Waals surface area contributed by atoms with Crippen LogP contribution in [0.1, 0.15) is 20.3 Å². The molecule has 6 heteroatoms. The first kappa shape index (κ1) is 16.0. The van der Waals surface area contributed by atoms with E-state index in [4.69, 9.17) is 5.11 Å². The molecule has 0 saturated carbocycles. The summed E-state index contributed by atoms with van der Waals surface area (Å²) in [6.07, 6.45) is 4.12. The molecule has 0 fully saturated rings. The zero-order valence-electron chi connectivity index (χ0n) is 12.9. The number of aromatic nitrogens is 2. The van der Waals surface area contributed by atoms with Gasteiger partial charge in [-0.05, 0) is 42.7 Å². The van der Waals surface area contributed by atoms with Gasteiger partial charge in [0.1, 0.15) is 0 Å². The Morgan fingerprint density at radius 3 is 2.59 bits per heavy atom. The Kier molecular flexibility index (Phi) is 5.55. The van der Waals surface area contributed by atoms with Crippen LogP contribution in [0, 0.1) is 5.92 Å². The second kappa shape index (κ2) is 7.61. The van der Waals surface area contributed by atoms with E-state index in [-0.39, 0.29) is 24.6 Å². The van der Waals surface area contributed by atoms with Crippen molar-refractivity contribution in [1.82, 2.24) is 15.1 Å². The number of urea groups is 1. The van der Waals surface area contributed by atoms with Crippen molar-refractivity contribution in [2.75, 3.05) is 11.9 Å². The van der Waals surface area contributed by atoms with Gasteiger partial charge in [-0.25, -0.2) is 9.48 Å². The maximum Gasteiger partial charge on any atom is 0.319 e. The molecule has 1 heterocycles. The maximum absolute atomic E-state index is 12.0. The standard InChI is InChI=1S/C16H22N4O2/c1-12(2)15(8-11-21)19-16(22)18-13-4-6-14(7-5-13)20-10-3-9-17-20/h3-7,9-10,12,15,21H,8,11H2,1-2H3,(H2,18,19,22). The first-order valence-electron chi connectivity index (χ1n) is 7.38. The number of rotatable bonds is 6. The van der Waals surface area contributed by atoms with Crippen LogP contribution in [0.3, 0.4) is 0 Å². The predicted octanol–water partition coefficient (Wildman–Crippen LogP) is 2.40. The fraction of sp³-hybridized carbons (Fsp3) is 0.375. The van der Waals surface area contributed by atoms with Crippen LogP contribution in [0.5, 0.6) is 0 Å². The van der Waals surface area contributed by atoms with Crippen molar-refractivity contribution in [3.63, 3.8) is 0 Å². The highest BCUT2D eigenvalue weighted by Gasteiger charge is 2.15. The van der Waals surface area contributed by atoms with Crippen molar-refractivity contribution in [2.45, 2.75) is 26.3 Å². The van der Waals surface area contributed by atoms with E-state index in [1.54, 1.807) is 10.9 Å². The molecule has 0 aliphatic carbocycles. The molecule has 2 rings (SSSR count). The number of benzene rings is 1. The monoisotopic (exact) mass is 302 g/mol. The van der Waals surface area contributed by atoms with Gasteiger partial charge in [0, 0.05) is 30.7 Å². The number of aliphatic hydroxyl groups excluding tert-OH is 1. The molecule has 1 aromatic heterocycles. The maximum atomic E-state index is 12.0. The molecular formula is C16H22N4O2. The number of nitrogens with one attached hydrogen (secondary N) is 2. The summed E-state index contributed by atoms with van der Waals surface area (Å²) in [5, 5.41) is 18.9. The Hall–Kier alpha value is -2.34. The summed E-state index contributed by atoms with van der Waals surface area (Å²) in [6, 6.07) is 8.96. The largest absolute Gasteiger partial charge is 0.396 e. The molecule has 0 saturated heterocycles. The number of hydrogen-bond donors (Lipinski definition) is 3. The van der Waals surface area contributed by atoms with Crippen LogP contribution < -0.4 is 10.6 Å². The second-order valence-corrected chi connectivity index (χ2v) is 5.46. The van der Waals surface area contributed by atoms with E-state index >= 15 is 0 Å². The highest BCUT2D eigenvalue weighted by Crippen LogP contribution is 2.13.